The van der Waals surface area contributed by atoms with Crippen molar-refractivity contribution in [1.82, 2.24) is 0 Å². The van der Waals surface area contributed by atoms with Gasteiger partial charge in [0.25, 0.3) is 0 Å². The molecular formula is C9H19NaO4. The molecule has 0 spiro atoms. The zero-order valence-corrected chi connectivity index (χ0v) is 11.4. The minimum atomic E-state index is -0.942. The molecule has 0 amide bonds. The number of rotatable bonds is 7. The van der Waals surface area contributed by atoms with Crippen molar-refractivity contribution < 1.29 is 50.4 Å². The molecule has 0 fully saturated rings. The summed E-state index contributed by atoms with van der Waals surface area (Å²) in [6.07, 6.45) is 0.160. The summed E-state index contributed by atoms with van der Waals surface area (Å²) in [5.74, 6) is -0.942. The van der Waals surface area contributed by atoms with Gasteiger partial charge in [-0.15, -0.1) is 0 Å². The Morgan fingerprint density at radius 1 is 1.43 bits per heavy atom. The Kier molecular flexibility index (Phi) is 11.9. The van der Waals surface area contributed by atoms with Crippen molar-refractivity contribution in [3.05, 3.63) is 0 Å². The molecule has 0 aliphatic carbocycles. The molecule has 0 aliphatic rings. The first kappa shape index (κ1) is 16.8. The van der Waals surface area contributed by atoms with Crippen molar-refractivity contribution in [2.45, 2.75) is 39.4 Å². The molecule has 0 rings (SSSR count). The van der Waals surface area contributed by atoms with Crippen molar-refractivity contribution in [2.75, 3.05) is 13.2 Å². The summed E-state index contributed by atoms with van der Waals surface area (Å²) in [5.41, 5.74) is 0. The molecule has 4 nitrogen and oxygen atoms in total. The molecule has 2 atom stereocenters. The van der Waals surface area contributed by atoms with E-state index in [4.69, 9.17) is 14.6 Å². The first-order chi connectivity index (χ1) is 6.07. The van der Waals surface area contributed by atoms with E-state index in [2.05, 4.69) is 0 Å². The summed E-state index contributed by atoms with van der Waals surface area (Å²) in [6, 6.07) is 0. The number of carboxylic acid groups (broad SMARTS) is 1. The predicted octanol–water partition coefficient (Wildman–Crippen LogP) is -1.59. The normalized spacial score (nSPS) is 14.2. The molecule has 0 aromatic heterocycles. The molecule has 80 valence electrons. The van der Waals surface area contributed by atoms with Crippen LogP contribution in [0.5, 0.6) is 0 Å². The number of ether oxygens (including phenoxy) is 2. The second kappa shape index (κ2) is 9.93. The molecule has 0 heterocycles. The number of hydrogen-bond acceptors (Lipinski definition) is 3. The quantitative estimate of drug-likeness (QED) is 0.519. The van der Waals surface area contributed by atoms with E-state index in [1.54, 1.807) is 0 Å². The molecule has 0 bridgehead atoms. The third-order valence-electron chi connectivity index (χ3n) is 1.54. The molecule has 0 aliphatic heterocycles. The summed E-state index contributed by atoms with van der Waals surface area (Å²) in [5, 5.41) is 8.51. The Hall–Kier alpha value is 0.390. The number of carboxylic acids is 1. The van der Waals surface area contributed by atoms with E-state index in [1.807, 2.05) is 13.8 Å². The maximum Gasteiger partial charge on any atom is 1.00 e. The van der Waals surface area contributed by atoms with Gasteiger partial charge in [0.2, 0.25) is 0 Å². The summed E-state index contributed by atoms with van der Waals surface area (Å²) in [4.78, 5) is 10.4. The van der Waals surface area contributed by atoms with Gasteiger partial charge in [0.05, 0.1) is 12.7 Å². The third-order valence-corrected chi connectivity index (χ3v) is 1.54. The molecular weight excluding hydrogens is 195 g/mol. The number of aliphatic carboxylic acids is 1. The van der Waals surface area contributed by atoms with Crippen LogP contribution in [0.4, 0.5) is 0 Å². The minimum absolute atomic E-state index is 0. The third kappa shape index (κ3) is 8.97. The number of hydrogen-bond donors (Lipinski definition) is 1. The monoisotopic (exact) mass is 214 g/mol. The standard InChI is InChI=1S/C9H18O4.Na.H/c1-4-5-12-7(2)6-13-8(3)9(10)11;;/h7-8H,4-6H2,1-3H3,(H,10,11);;/q;+1;-1. The van der Waals surface area contributed by atoms with Crippen LogP contribution in [-0.2, 0) is 14.3 Å². The molecule has 2 unspecified atom stereocenters. The van der Waals surface area contributed by atoms with Crippen LogP contribution in [0, 0.1) is 0 Å². The Morgan fingerprint density at radius 2 is 2.00 bits per heavy atom. The van der Waals surface area contributed by atoms with E-state index >= 15 is 0 Å². The topological polar surface area (TPSA) is 55.8 Å². The molecule has 0 aromatic rings. The van der Waals surface area contributed by atoms with Gasteiger partial charge in [0.15, 0.2) is 6.10 Å². The van der Waals surface area contributed by atoms with Crippen molar-refractivity contribution in [3.8, 4) is 0 Å². The first-order valence-corrected chi connectivity index (χ1v) is 4.54. The Balaban J connectivity index is -0.000000720. The molecule has 0 saturated carbocycles. The summed E-state index contributed by atoms with van der Waals surface area (Å²) < 4.78 is 10.3. The Labute approximate surface area is 109 Å². The summed E-state index contributed by atoms with van der Waals surface area (Å²) in [6.45, 7) is 6.41. The fraction of sp³-hybridized carbons (Fsp3) is 0.889. The van der Waals surface area contributed by atoms with Crippen LogP contribution >= 0.6 is 0 Å². The van der Waals surface area contributed by atoms with Gasteiger partial charge in [-0.1, -0.05) is 6.92 Å². The summed E-state index contributed by atoms with van der Waals surface area (Å²) in [7, 11) is 0. The van der Waals surface area contributed by atoms with Crippen LogP contribution in [0.25, 0.3) is 0 Å². The van der Waals surface area contributed by atoms with Gasteiger partial charge in [0.1, 0.15) is 0 Å². The van der Waals surface area contributed by atoms with E-state index in [0.717, 1.165) is 6.42 Å². The van der Waals surface area contributed by atoms with Crippen molar-refractivity contribution in [3.63, 3.8) is 0 Å². The number of carbonyl (C=O) groups is 1. The maximum absolute atomic E-state index is 10.4. The molecule has 0 radical (unpaired) electrons. The van der Waals surface area contributed by atoms with Crippen molar-refractivity contribution >= 4 is 5.97 Å². The fourth-order valence-corrected chi connectivity index (χ4v) is 0.718. The smallest absolute Gasteiger partial charge is 1.00 e. The SMILES string of the molecule is CCCOC(C)COC(C)C(=O)O.[H-].[Na+]. The van der Waals surface area contributed by atoms with Gasteiger partial charge in [0, 0.05) is 6.61 Å². The van der Waals surface area contributed by atoms with Crippen LogP contribution in [0.15, 0.2) is 0 Å². The van der Waals surface area contributed by atoms with Gasteiger partial charge in [-0.05, 0) is 20.3 Å². The van der Waals surface area contributed by atoms with E-state index in [0.29, 0.717) is 13.2 Å². The van der Waals surface area contributed by atoms with Gasteiger partial charge >= 0.3 is 35.5 Å². The minimum Gasteiger partial charge on any atom is -1.00 e. The second-order valence-corrected chi connectivity index (χ2v) is 3.00. The van der Waals surface area contributed by atoms with Crippen LogP contribution in [0.1, 0.15) is 28.6 Å². The van der Waals surface area contributed by atoms with E-state index in [1.165, 1.54) is 6.92 Å². The maximum atomic E-state index is 10.4. The molecule has 1 N–H and O–H groups in total. The molecule has 0 saturated heterocycles. The van der Waals surface area contributed by atoms with Crippen molar-refractivity contribution in [1.29, 1.82) is 0 Å². The Morgan fingerprint density at radius 3 is 2.43 bits per heavy atom. The molecule has 14 heavy (non-hydrogen) atoms. The average molecular weight is 214 g/mol. The fourth-order valence-electron chi connectivity index (χ4n) is 0.718. The predicted molar refractivity (Wildman–Crippen MR) is 49.9 cm³/mol. The second-order valence-electron chi connectivity index (χ2n) is 3.00. The van der Waals surface area contributed by atoms with E-state index < -0.39 is 12.1 Å². The average Bonchev–Trinajstić information content (AvgIpc) is 2.10. The van der Waals surface area contributed by atoms with Gasteiger partial charge in [-0.2, -0.15) is 0 Å². The summed E-state index contributed by atoms with van der Waals surface area (Å²) >= 11 is 0. The van der Waals surface area contributed by atoms with Crippen LogP contribution in [0.3, 0.4) is 0 Å². The largest absolute Gasteiger partial charge is 1.00 e. The Bertz CT molecular complexity index is 157. The van der Waals surface area contributed by atoms with Crippen LogP contribution in [0.2, 0.25) is 0 Å². The molecule has 0 aromatic carbocycles. The van der Waals surface area contributed by atoms with Crippen LogP contribution < -0.4 is 29.6 Å². The van der Waals surface area contributed by atoms with Gasteiger partial charge in [-0.3, -0.25) is 0 Å². The zero-order chi connectivity index (χ0) is 10.3. The van der Waals surface area contributed by atoms with Gasteiger partial charge in [-0.25, -0.2) is 4.79 Å². The van der Waals surface area contributed by atoms with Crippen LogP contribution in [-0.4, -0.2) is 36.5 Å². The van der Waals surface area contributed by atoms with E-state index in [-0.39, 0.29) is 37.1 Å². The van der Waals surface area contributed by atoms with Crippen molar-refractivity contribution in [2.24, 2.45) is 0 Å². The zero-order valence-electron chi connectivity index (χ0n) is 10.4. The molecule has 5 heteroatoms. The first-order valence-electron chi connectivity index (χ1n) is 4.54. The van der Waals surface area contributed by atoms with E-state index in [9.17, 15) is 4.79 Å². The van der Waals surface area contributed by atoms with Gasteiger partial charge < -0.3 is 16.0 Å².